The number of nitrogens with zero attached hydrogens (tertiary/aromatic N) is 1. The lowest BCUT2D eigenvalue weighted by molar-refractivity contribution is 0.0602. The molecule has 0 aromatic heterocycles. The molecule has 0 saturated carbocycles. The first-order chi connectivity index (χ1) is 9.67. The maximum atomic E-state index is 11.7. The molecular formula is C16H24N2O2. The first-order valence-electron chi connectivity index (χ1n) is 7.39. The molecule has 1 fully saturated rings. The largest absolute Gasteiger partial charge is 0.465 e. The molecule has 20 heavy (non-hydrogen) atoms. The Morgan fingerprint density at radius 2 is 2.20 bits per heavy atom. The summed E-state index contributed by atoms with van der Waals surface area (Å²) in [6.07, 6.45) is 4.90. The van der Waals surface area contributed by atoms with Crippen molar-refractivity contribution in [1.29, 1.82) is 0 Å². The van der Waals surface area contributed by atoms with Gasteiger partial charge in [-0.25, -0.2) is 4.79 Å². The Hall–Kier alpha value is -1.71. The van der Waals surface area contributed by atoms with Crippen LogP contribution >= 0.6 is 0 Å². The summed E-state index contributed by atoms with van der Waals surface area (Å²) in [7, 11) is 1.38. The number of benzene rings is 1. The molecule has 2 rings (SSSR count). The molecule has 4 nitrogen and oxygen atoms in total. The number of rotatable bonds is 3. The van der Waals surface area contributed by atoms with E-state index >= 15 is 0 Å². The summed E-state index contributed by atoms with van der Waals surface area (Å²) in [5.74, 6) is 0.440. The quantitative estimate of drug-likeness (QED) is 0.681. The third-order valence-corrected chi connectivity index (χ3v) is 4.25. The molecule has 1 saturated heterocycles. The lowest BCUT2D eigenvalue weighted by Gasteiger charge is -2.25. The highest BCUT2D eigenvalue weighted by Gasteiger charge is 2.20. The van der Waals surface area contributed by atoms with E-state index in [4.69, 9.17) is 10.5 Å². The second-order valence-electron chi connectivity index (χ2n) is 5.42. The number of carbonyl (C=O) groups is 1. The van der Waals surface area contributed by atoms with Crippen LogP contribution in [0, 0.1) is 5.92 Å². The average Bonchev–Trinajstić information content (AvgIpc) is 2.72. The van der Waals surface area contributed by atoms with Crippen molar-refractivity contribution in [2.45, 2.75) is 32.6 Å². The maximum absolute atomic E-state index is 11.7. The number of para-hydroxylation sites is 1. The van der Waals surface area contributed by atoms with Gasteiger partial charge in [-0.1, -0.05) is 19.4 Å². The van der Waals surface area contributed by atoms with Crippen molar-refractivity contribution in [2.24, 2.45) is 5.92 Å². The zero-order valence-corrected chi connectivity index (χ0v) is 12.4. The zero-order chi connectivity index (χ0) is 14.5. The monoisotopic (exact) mass is 276 g/mol. The smallest absolute Gasteiger partial charge is 0.340 e. The number of methoxy groups -OCH3 is 1. The highest BCUT2D eigenvalue weighted by atomic mass is 16.5. The van der Waals surface area contributed by atoms with Crippen LogP contribution in [-0.2, 0) is 4.74 Å². The van der Waals surface area contributed by atoms with Gasteiger partial charge >= 0.3 is 5.97 Å². The molecule has 1 atom stereocenters. The van der Waals surface area contributed by atoms with E-state index in [9.17, 15) is 4.79 Å². The van der Waals surface area contributed by atoms with Crippen LogP contribution in [0.5, 0.6) is 0 Å². The molecule has 2 N–H and O–H groups in total. The summed E-state index contributed by atoms with van der Waals surface area (Å²) in [6, 6.07) is 5.59. The lowest BCUT2D eigenvalue weighted by atomic mass is 9.98. The van der Waals surface area contributed by atoms with Crippen LogP contribution in [0.15, 0.2) is 18.2 Å². The predicted molar refractivity (Wildman–Crippen MR) is 82.0 cm³/mol. The zero-order valence-electron chi connectivity index (χ0n) is 12.4. The van der Waals surface area contributed by atoms with E-state index in [1.165, 1.54) is 32.8 Å². The third kappa shape index (κ3) is 3.06. The minimum absolute atomic E-state index is 0.370. The van der Waals surface area contributed by atoms with Crippen LogP contribution < -0.4 is 10.6 Å². The molecule has 1 unspecified atom stereocenters. The maximum Gasteiger partial charge on any atom is 0.340 e. The topological polar surface area (TPSA) is 55.6 Å². The predicted octanol–water partition coefficient (Wildman–Crippen LogP) is 3.07. The summed E-state index contributed by atoms with van der Waals surface area (Å²) >= 11 is 0. The van der Waals surface area contributed by atoms with Crippen molar-refractivity contribution >= 4 is 17.3 Å². The van der Waals surface area contributed by atoms with Gasteiger partial charge in [0, 0.05) is 13.1 Å². The van der Waals surface area contributed by atoms with E-state index in [1.54, 1.807) is 6.07 Å². The van der Waals surface area contributed by atoms with Crippen molar-refractivity contribution in [3.05, 3.63) is 23.8 Å². The molecule has 0 amide bonds. The van der Waals surface area contributed by atoms with E-state index in [-0.39, 0.29) is 5.97 Å². The van der Waals surface area contributed by atoms with E-state index in [1.807, 2.05) is 12.1 Å². The molecule has 1 aliphatic heterocycles. The van der Waals surface area contributed by atoms with E-state index in [0.29, 0.717) is 11.3 Å². The van der Waals surface area contributed by atoms with E-state index < -0.39 is 0 Å². The van der Waals surface area contributed by atoms with Crippen molar-refractivity contribution < 1.29 is 9.53 Å². The molecule has 0 aliphatic carbocycles. The number of anilines is 2. The minimum atomic E-state index is -0.370. The summed E-state index contributed by atoms with van der Waals surface area (Å²) < 4.78 is 4.78. The van der Waals surface area contributed by atoms with Gasteiger partial charge in [-0.2, -0.15) is 0 Å². The minimum Gasteiger partial charge on any atom is -0.465 e. The Morgan fingerprint density at radius 3 is 2.90 bits per heavy atom. The fraction of sp³-hybridized carbons (Fsp3) is 0.562. The Morgan fingerprint density at radius 1 is 1.40 bits per heavy atom. The third-order valence-electron chi connectivity index (χ3n) is 4.25. The number of nitrogen functional groups attached to an aromatic ring is 1. The molecule has 1 aromatic rings. The van der Waals surface area contributed by atoms with Crippen LogP contribution in [0.1, 0.15) is 43.0 Å². The highest BCUT2D eigenvalue weighted by Crippen LogP contribution is 2.30. The molecule has 0 radical (unpaired) electrons. The molecule has 110 valence electrons. The van der Waals surface area contributed by atoms with Gasteiger partial charge in [0.1, 0.15) is 0 Å². The normalized spacial score (nSPS) is 19.5. The van der Waals surface area contributed by atoms with Crippen LogP contribution in [0.4, 0.5) is 11.4 Å². The highest BCUT2D eigenvalue weighted by molar-refractivity contribution is 5.98. The number of ether oxygens (including phenoxy) is 1. The summed E-state index contributed by atoms with van der Waals surface area (Å²) in [5.41, 5.74) is 8.12. The Bertz CT molecular complexity index is 474. The molecular weight excluding hydrogens is 252 g/mol. The number of nitrogens with two attached hydrogens (primary N) is 1. The number of esters is 1. The molecule has 0 bridgehead atoms. The van der Waals surface area contributed by atoms with Crippen LogP contribution in [0.3, 0.4) is 0 Å². The van der Waals surface area contributed by atoms with Gasteiger partial charge in [-0.05, 0) is 37.3 Å². The Kier molecular flexibility index (Phi) is 4.88. The Labute approximate surface area is 120 Å². The van der Waals surface area contributed by atoms with Gasteiger partial charge < -0.3 is 15.4 Å². The van der Waals surface area contributed by atoms with Crippen molar-refractivity contribution in [3.63, 3.8) is 0 Å². The molecule has 4 heteroatoms. The van der Waals surface area contributed by atoms with Gasteiger partial charge in [-0.15, -0.1) is 0 Å². The fourth-order valence-electron chi connectivity index (χ4n) is 2.93. The number of hydrogen-bond acceptors (Lipinski definition) is 4. The van der Waals surface area contributed by atoms with Gasteiger partial charge in [0.05, 0.1) is 24.0 Å². The number of carbonyl (C=O) groups excluding carboxylic acids is 1. The summed E-state index contributed by atoms with van der Waals surface area (Å²) in [4.78, 5) is 14.0. The summed E-state index contributed by atoms with van der Waals surface area (Å²) in [6.45, 7) is 4.27. The van der Waals surface area contributed by atoms with Crippen molar-refractivity contribution in [1.82, 2.24) is 0 Å². The van der Waals surface area contributed by atoms with Crippen LogP contribution in [0.2, 0.25) is 0 Å². The molecule has 0 spiro atoms. The second kappa shape index (κ2) is 6.64. The van der Waals surface area contributed by atoms with Gasteiger partial charge in [-0.3, -0.25) is 0 Å². The molecule has 1 heterocycles. The van der Waals surface area contributed by atoms with E-state index in [0.717, 1.165) is 24.7 Å². The molecule has 1 aliphatic rings. The average molecular weight is 276 g/mol. The standard InChI is InChI=1S/C16H24N2O2/c1-3-12-6-5-10-18(11-9-12)14-8-4-7-13(15(14)17)16(19)20-2/h4,7-8,12H,3,5-6,9-11,17H2,1-2H3. The first kappa shape index (κ1) is 14.7. The van der Waals surface area contributed by atoms with E-state index in [2.05, 4.69) is 11.8 Å². The van der Waals surface area contributed by atoms with Crippen molar-refractivity contribution in [3.8, 4) is 0 Å². The van der Waals surface area contributed by atoms with Gasteiger partial charge in [0.25, 0.3) is 0 Å². The lowest BCUT2D eigenvalue weighted by Crippen LogP contribution is -2.25. The van der Waals surface area contributed by atoms with Crippen LogP contribution in [0.25, 0.3) is 0 Å². The SMILES string of the molecule is CCC1CCCN(c2cccc(C(=O)OC)c2N)CC1. The second-order valence-corrected chi connectivity index (χ2v) is 5.42. The summed E-state index contributed by atoms with van der Waals surface area (Å²) in [5, 5.41) is 0. The van der Waals surface area contributed by atoms with Gasteiger partial charge in [0.15, 0.2) is 0 Å². The van der Waals surface area contributed by atoms with Crippen LogP contribution in [-0.4, -0.2) is 26.2 Å². The van der Waals surface area contributed by atoms with Gasteiger partial charge in [0.2, 0.25) is 0 Å². The first-order valence-corrected chi connectivity index (χ1v) is 7.39. The van der Waals surface area contributed by atoms with Crippen molar-refractivity contribution in [2.75, 3.05) is 30.8 Å². The Balaban J connectivity index is 2.22. The number of hydrogen-bond donors (Lipinski definition) is 1. The fourth-order valence-corrected chi connectivity index (χ4v) is 2.93. The molecule has 1 aromatic carbocycles.